The fraction of sp³-hybridized carbons (Fsp3) is 0.800. The summed E-state index contributed by atoms with van der Waals surface area (Å²) in [6.45, 7) is 12.3. The first kappa shape index (κ1) is 25.7. The maximum absolute atomic E-state index is 14.2. The van der Waals surface area contributed by atoms with E-state index in [0.29, 0.717) is 32.1 Å². The third-order valence-corrected chi connectivity index (χ3v) is 13.0. The van der Waals surface area contributed by atoms with E-state index in [-0.39, 0.29) is 52.0 Å². The van der Waals surface area contributed by atoms with Crippen LogP contribution in [0.3, 0.4) is 0 Å². The van der Waals surface area contributed by atoms with Gasteiger partial charge in [0.15, 0.2) is 5.78 Å². The smallest absolute Gasteiger partial charge is 0.317 e. The van der Waals surface area contributed by atoms with Crippen LogP contribution in [-0.4, -0.2) is 33.7 Å². The quantitative estimate of drug-likeness (QED) is 0.474. The van der Waals surface area contributed by atoms with Gasteiger partial charge < -0.3 is 10.2 Å². The maximum atomic E-state index is 14.2. The molecule has 0 aromatic heterocycles. The average Bonchev–Trinajstić information content (AvgIpc) is 2.79. The van der Waals surface area contributed by atoms with Gasteiger partial charge in [0.1, 0.15) is 11.2 Å². The molecule has 0 radical (unpaired) electrons. The molecule has 2 N–H and O–H groups in total. The molecule has 0 spiro atoms. The lowest BCUT2D eigenvalue weighted by atomic mass is 9.33. The minimum Gasteiger partial charge on any atom is -0.481 e. The number of Topliss-reactive ketones (excluding diaryl/α,β-unsaturated/α-hetero) is 1. The van der Waals surface area contributed by atoms with Gasteiger partial charge in [0.25, 0.3) is 0 Å². The molecule has 0 heterocycles. The van der Waals surface area contributed by atoms with E-state index in [9.17, 15) is 29.4 Å². The maximum Gasteiger partial charge on any atom is 0.317 e. The third kappa shape index (κ3) is 2.85. The summed E-state index contributed by atoms with van der Waals surface area (Å²) in [6.07, 6.45) is 7.94. The Morgan fingerprint density at radius 3 is 2.11 bits per heavy atom. The second kappa shape index (κ2) is 7.32. The monoisotopic (exact) mass is 498 g/mol. The topological polar surface area (TPSA) is 109 Å². The number of fused-ring (bicyclic) bond motifs is 7. The summed E-state index contributed by atoms with van der Waals surface area (Å²) >= 11 is 0. The van der Waals surface area contributed by atoms with Gasteiger partial charge in [0, 0.05) is 12.3 Å². The fourth-order valence-electron chi connectivity index (χ4n) is 10.1. The molecule has 0 amide bonds. The number of hydrogen-bond acceptors (Lipinski definition) is 4. The first-order valence-electron chi connectivity index (χ1n) is 13.8. The van der Waals surface area contributed by atoms with Gasteiger partial charge in [-0.05, 0) is 105 Å². The Labute approximate surface area is 214 Å². The molecule has 9 atom stereocenters. The Bertz CT molecular complexity index is 1110. The highest BCUT2D eigenvalue weighted by Crippen LogP contribution is 2.74. The van der Waals surface area contributed by atoms with Crippen LogP contribution < -0.4 is 0 Å². The van der Waals surface area contributed by atoms with E-state index < -0.39 is 28.2 Å². The lowest BCUT2D eigenvalue weighted by Crippen LogP contribution is -2.67. The highest BCUT2D eigenvalue weighted by molar-refractivity contribution is 6.04. The van der Waals surface area contributed by atoms with Crippen molar-refractivity contribution < 1.29 is 29.4 Å². The van der Waals surface area contributed by atoms with Crippen LogP contribution in [0.4, 0.5) is 0 Å². The Morgan fingerprint density at radius 1 is 0.861 bits per heavy atom. The van der Waals surface area contributed by atoms with E-state index in [4.69, 9.17) is 0 Å². The first-order valence-corrected chi connectivity index (χ1v) is 13.8. The summed E-state index contributed by atoms with van der Waals surface area (Å²) in [4.78, 5) is 51.8. The van der Waals surface area contributed by atoms with Crippen LogP contribution in [0.2, 0.25) is 0 Å². The predicted molar refractivity (Wildman–Crippen MR) is 134 cm³/mol. The minimum absolute atomic E-state index is 0.00990. The molecule has 198 valence electrons. The van der Waals surface area contributed by atoms with Crippen LogP contribution in [0, 0.1) is 50.2 Å². The SMILES string of the molecule is C[C@]1(C(=O)O)CC[C@]2(C)CC[C@]3(C)C(=CC(=O)[C@@H]4[C@@]5(C)CCC(=O)[C@@](C)(C(=O)O)[C@@H]5CC[C@]43C)[C@@H]2C1. The summed E-state index contributed by atoms with van der Waals surface area (Å²) in [5.74, 6) is -2.64. The van der Waals surface area contributed by atoms with E-state index in [1.165, 1.54) is 0 Å². The van der Waals surface area contributed by atoms with Gasteiger partial charge in [-0.2, -0.15) is 0 Å². The molecule has 0 saturated heterocycles. The second-order valence-electron chi connectivity index (χ2n) is 14.5. The molecule has 5 rings (SSSR count). The van der Waals surface area contributed by atoms with Gasteiger partial charge in [0.05, 0.1) is 5.41 Å². The molecule has 6 heteroatoms. The molecular formula is C30H42O6. The molecule has 0 aliphatic heterocycles. The van der Waals surface area contributed by atoms with Crippen LogP contribution in [0.1, 0.15) is 99.3 Å². The van der Waals surface area contributed by atoms with E-state index >= 15 is 0 Å². The van der Waals surface area contributed by atoms with E-state index in [1.54, 1.807) is 6.92 Å². The summed E-state index contributed by atoms with van der Waals surface area (Å²) in [5.41, 5.74) is -2.32. The van der Waals surface area contributed by atoms with Crippen molar-refractivity contribution in [3.63, 3.8) is 0 Å². The molecule has 5 aliphatic carbocycles. The summed E-state index contributed by atoms with van der Waals surface area (Å²) in [5, 5.41) is 20.2. The first-order chi connectivity index (χ1) is 16.5. The van der Waals surface area contributed by atoms with E-state index in [2.05, 4.69) is 27.7 Å². The van der Waals surface area contributed by atoms with Gasteiger partial charge in [0.2, 0.25) is 0 Å². The van der Waals surface area contributed by atoms with E-state index in [0.717, 1.165) is 24.8 Å². The van der Waals surface area contributed by atoms with Crippen LogP contribution in [-0.2, 0) is 19.2 Å². The number of aliphatic carboxylic acids is 2. The average molecular weight is 499 g/mol. The number of carboxylic acid groups (broad SMARTS) is 2. The fourth-order valence-corrected chi connectivity index (χ4v) is 10.1. The summed E-state index contributed by atoms with van der Waals surface area (Å²) in [6, 6.07) is 0. The Hall–Kier alpha value is -1.98. The number of hydrogen-bond donors (Lipinski definition) is 2. The minimum atomic E-state index is -1.46. The van der Waals surface area contributed by atoms with Gasteiger partial charge in [-0.1, -0.05) is 33.3 Å². The van der Waals surface area contributed by atoms with Gasteiger partial charge in [-0.3, -0.25) is 19.2 Å². The van der Waals surface area contributed by atoms with Crippen molar-refractivity contribution in [1.29, 1.82) is 0 Å². The van der Waals surface area contributed by atoms with Crippen LogP contribution in [0.15, 0.2) is 11.6 Å². The largest absolute Gasteiger partial charge is 0.481 e. The normalized spacial score (nSPS) is 52.3. The zero-order valence-corrected chi connectivity index (χ0v) is 22.7. The standard InChI is InChI=1S/C30H42O6/c1-25-11-12-26(2,23(33)34)16-18(25)17-15-19(31)22-27(3)9-8-21(32)30(6,24(35)36)20(27)7-10-29(22,5)28(17,4)14-13-25/h15,18,20,22H,7-14,16H2,1-6H3,(H,33,34)(H,35,36)/t18-,20+,22+,25+,26-,27-,28+,29+,30-/m0/s1. The van der Waals surface area contributed by atoms with Gasteiger partial charge in [-0.15, -0.1) is 0 Å². The van der Waals surface area contributed by atoms with Crippen molar-refractivity contribution in [3.05, 3.63) is 11.6 Å². The van der Waals surface area contributed by atoms with Crippen molar-refractivity contribution in [2.45, 2.75) is 99.3 Å². The second-order valence-corrected chi connectivity index (χ2v) is 14.5. The number of ketones is 2. The van der Waals surface area contributed by atoms with Crippen molar-refractivity contribution >= 4 is 23.5 Å². The predicted octanol–water partition coefficient (Wildman–Crippen LogP) is 5.69. The molecule has 0 unspecified atom stereocenters. The summed E-state index contributed by atoms with van der Waals surface area (Å²) in [7, 11) is 0. The van der Waals surface area contributed by atoms with Crippen LogP contribution in [0.5, 0.6) is 0 Å². The molecule has 0 bridgehead atoms. The van der Waals surface area contributed by atoms with Gasteiger partial charge >= 0.3 is 11.9 Å². The Morgan fingerprint density at radius 2 is 1.50 bits per heavy atom. The lowest BCUT2D eigenvalue weighted by Gasteiger charge is -2.69. The highest BCUT2D eigenvalue weighted by atomic mass is 16.4. The van der Waals surface area contributed by atoms with Crippen molar-refractivity contribution in [3.8, 4) is 0 Å². The molecule has 0 aromatic carbocycles. The third-order valence-electron chi connectivity index (χ3n) is 13.0. The zero-order chi connectivity index (χ0) is 26.7. The van der Waals surface area contributed by atoms with Crippen molar-refractivity contribution in [1.82, 2.24) is 0 Å². The molecule has 5 aliphatic rings. The number of carboxylic acids is 2. The number of allylic oxidation sites excluding steroid dienone is 2. The van der Waals surface area contributed by atoms with E-state index in [1.807, 2.05) is 13.0 Å². The van der Waals surface area contributed by atoms with Crippen LogP contribution in [0.25, 0.3) is 0 Å². The molecule has 4 fully saturated rings. The van der Waals surface area contributed by atoms with Crippen LogP contribution >= 0.6 is 0 Å². The number of rotatable bonds is 2. The molecular weight excluding hydrogens is 456 g/mol. The Kier molecular flexibility index (Phi) is 5.22. The lowest BCUT2D eigenvalue weighted by molar-refractivity contribution is -0.197. The molecule has 6 nitrogen and oxygen atoms in total. The van der Waals surface area contributed by atoms with Crippen molar-refractivity contribution in [2.75, 3.05) is 0 Å². The van der Waals surface area contributed by atoms with Gasteiger partial charge in [-0.25, -0.2) is 0 Å². The van der Waals surface area contributed by atoms with Crippen molar-refractivity contribution in [2.24, 2.45) is 50.2 Å². The Balaban J connectivity index is 1.64. The molecule has 36 heavy (non-hydrogen) atoms. The number of carbonyl (C=O) groups excluding carboxylic acids is 2. The summed E-state index contributed by atoms with van der Waals surface area (Å²) < 4.78 is 0. The highest BCUT2D eigenvalue weighted by Gasteiger charge is 2.71. The zero-order valence-electron chi connectivity index (χ0n) is 22.7. The molecule has 4 saturated carbocycles. The number of carbonyl (C=O) groups is 4. The molecule has 0 aromatic rings.